The van der Waals surface area contributed by atoms with Gasteiger partial charge in [-0.25, -0.2) is 4.98 Å². The minimum Gasteiger partial charge on any atom is -0.497 e. The van der Waals surface area contributed by atoms with Gasteiger partial charge in [-0.1, -0.05) is 12.1 Å². The molecule has 0 saturated carbocycles. The summed E-state index contributed by atoms with van der Waals surface area (Å²) < 4.78 is 7.18. The van der Waals surface area contributed by atoms with Crippen LogP contribution in [0.1, 0.15) is 12.8 Å². The van der Waals surface area contributed by atoms with Crippen LogP contribution < -0.4 is 10.3 Å². The van der Waals surface area contributed by atoms with Gasteiger partial charge >= 0.3 is 0 Å². The van der Waals surface area contributed by atoms with E-state index in [1.807, 2.05) is 34.5 Å². The molecule has 26 heavy (non-hydrogen) atoms. The van der Waals surface area contributed by atoms with Crippen LogP contribution in [0.4, 0.5) is 0 Å². The average Bonchev–Trinajstić information content (AvgIpc) is 3.34. The molecular formula is C19H19N3O3S. The molecule has 1 fully saturated rings. The van der Waals surface area contributed by atoms with Crippen molar-refractivity contribution in [3.8, 4) is 16.9 Å². The Balaban J connectivity index is 1.66. The number of amides is 1. The van der Waals surface area contributed by atoms with Crippen molar-refractivity contribution in [1.82, 2.24) is 14.5 Å². The standard InChI is InChI=1S/C19H19N3O3S/c1-25-14-6-4-13(5-7-14)15-11-26-18-17(15)20-12-22(19(18)24)10-16(23)21-8-2-3-9-21/h4-7,11-12H,2-3,8-10H2,1H3. The average molecular weight is 369 g/mol. The van der Waals surface area contributed by atoms with E-state index in [1.165, 1.54) is 22.2 Å². The second-order valence-corrected chi connectivity index (χ2v) is 7.20. The Kier molecular flexibility index (Phi) is 4.46. The number of hydrogen-bond acceptors (Lipinski definition) is 5. The Morgan fingerprint density at radius 1 is 1.23 bits per heavy atom. The molecule has 0 aliphatic carbocycles. The van der Waals surface area contributed by atoms with E-state index in [2.05, 4.69) is 4.98 Å². The molecule has 7 heteroatoms. The van der Waals surface area contributed by atoms with E-state index < -0.39 is 0 Å². The largest absolute Gasteiger partial charge is 0.497 e. The van der Waals surface area contributed by atoms with Crippen molar-refractivity contribution in [1.29, 1.82) is 0 Å². The lowest BCUT2D eigenvalue weighted by Gasteiger charge is -2.15. The molecule has 3 heterocycles. The number of aromatic nitrogens is 2. The Labute approximate surface area is 154 Å². The molecule has 0 radical (unpaired) electrons. The highest BCUT2D eigenvalue weighted by Crippen LogP contribution is 2.31. The molecule has 1 saturated heterocycles. The van der Waals surface area contributed by atoms with Crippen LogP contribution in [0, 0.1) is 0 Å². The highest BCUT2D eigenvalue weighted by molar-refractivity contribution is 7.17. The van der Waals surface area contributed by atoms with Gasteiger partial charge in [0.05, 0.1) is 19.0 Å². The van der Waals surface area contributed by atoms with E-state index >= 15 is 0 Å². The molecule has 6 nitrogen and oxygen atoms in total. The first-order chi connectivity index (χ1) is 12.7. The molecule has 134 valence electrons. The van der Waals surface area contributed by atoms with E-state index in [1.54, 1.807) is 7.11 Å². The smallest absolute Gasteiger partial charge is 0.271 e. The van der Waals surface area contributed by atoms with Gasteiger partial charge < -0.3 is 9.64 Å². The van der Waals surface area contributed by atoms with Crippen LogP contribution in [0.5, 0.6) is 5.75 Å². The maximum atomic E-state index is 12.8. The molecule has 2 aromatic heterocycles. The van der Waals surface area contributed by atoms with Crippen molar-refractivity contribution < 1.29 is 9.53 Å². The monoisotopic (exact) mass is 369 g/mol. The Bertz CT molecular complexity index is 1000. The van der Waals surface area contributed by atoms with Crippen molar-refractivity contribution >= 4 is 27.5 Å². The Morgan fingerprint density at radius 2 is 1.96 bits per heavy atom. The lowest BCUT2D eigenvalue weighted by molar-refractivity contribution is -0.130. The number of carbonyl (C=O) groups excluding carboxylic acids is 1. The van der Waals surface area contributed by atoms with Crippen molar-refractivity contribution in [2.45, 2.75) is 19.4 Å². The fourth-order valence-electron chi connectivity index (χ4n) is 3.24. The normalized spacial score (nSPS) is 14.1. The molecule has 4 rings (SSSR count). The first-order valence-corrected chi connectivity index (χ1v) is 9.44. The zero-order valence-electron chi connectivity index (χ0n) is 14.5. The summed E-state index contributed by atoms with van der Waals surface area (Å²) in [6.07, 6.45) is 3.56. The number of fused-ring (bicyclic) bond motifs is 1. The minimum absolute atomic E-state index is 0.0160. The predicted octanol–water partition coefficient (Wildman–Crippen LogP) is 2.76. The van der Waals surface area contributed by atoms with Crippen molar-refractivity contribution in [2.24, 2.45) is 0 Å². The topological polar surface area (TPSA) is 64.4 Å². The van der Waals surface area contributed by atoms with E-state index in [0.717, 1.165) is 42.8 Å². The Morgan fingerprint density at radius 3 is 2.65 bits per heavy atom. The molecular weight excluding hydrogens is 350 g/mol. The second-order valence-electron chi connectivity index (χ2n) is 6.32. The van der Waals surface area contributed by atoms with Crippen LogP contribution in [0.25, 0.3) is 21.3 Å². The maximum Gasteiger partial charge on any atom is 0.271 e. The summed E-state index contributed by atoms with van der Waals surface area (Å²) in [6, 6.07) is 7.67. The second kappa shape index (κ2) is 6.92. The number of rotatable bonds is 4. The zero-order chi connectivity index (χ0) is 18.1. The molecule has 0 N–H and O–H groups in total. The van der Waals surface area contributed by atoms with Crippen LogP contribution in [-0.2, 0) is 11.3 Å². The summed E-state index contributed by atoms with van der Waals surface area (Å²) in [7, 11) is 1.63. The van der Waals surface area contributed by atoms with Crippen molar-refractivity contribution in [3.63, 3.8) is 0 Å². The van der Waals surface area contributed by atoms with E-state index in [0.29, 0.717) is 10.2 Å². The van der Waals surface area contributed by atoms with Gasteiger partial charge in [0.15, 0.2) is 0 Å². The third-order valence-corrected chi connectivity index (χ3v) is 5.67. The van der Waals surface area contributed by atoms with Gasteiger partial charge in [0.1, 0.15) is 17.0 Å². The van der Waals surface area contributed by atoms with E-state index in [-0.39, 0.29) is 18.0 Å². The van der Waals surface area contributed by atoms with Gasteiger partial charge in [-0.15, -0.1) is 11.3 Å². The van der Waals surface area contributed by atoms with Crippen LogP contribution in [-0.4, -0.2) is 40.6 Å². The van der Waals surface area contributed by atoms with Gasteiger partial charge in [-0.2, -0.15) is 0 Å². The molecule has 1 aliphatic heterocycles. The number of thiophene rings is 1. The zero-order valence-corrected chi connectivity index (χ0v) is 15.3. The summed E-state index contributed by atoms with van der Waals surface area (Å²) in [5.74, 6) is 0.765. The van der Waals surface area contributed by atoms with Crippen LogP contribution in [0.3, 0.4) is 0 Å². The molecule has 1 aromatic carbocycles. The number of likely N-dealkylation sites (tertiary alicyclic amines) is 1. The highest BCUT2D eigenvalue weighted by Gasteiger charge is 2.20. The SMILES string of the molecule is COc1ccc(-c2csc3c(=O)n(CC(=O)N4CCCC4)cnc23)cc1. The minimum atomic E-state index is -0.160. The third-order valence-electron chi connectivity index (χ3n) is 4.71. The predicted molar refractivity (Wildman–Crippen MR) is 102 cm³/mol. The van der Waals surface area contributed by atoms with E-state index in [9.17, 15) is 9.59 Å². The van der Waals surface area contributed by atoms with Crippen LogP contribution >= 0.6 is 11.3 Å². The number of benzene rings is 1. The molecule has 1 aliphatic rings. The molecule has 0 atom stereocenters. The fraction of sp³-hybridized carbons (Fsp3) is 0.316. The van der Waals surface area contributed by atoms with Gasteiger partial charge in [-0.05, 0) is 30.5 Å². The fourth-order valence-corrected chi connectivity index (χ4v) is 4.22. The van der Waals surface area contributed by atoms with Gasteiger partial charge in [-0.3, -0.25) is 14.2 Å². The number of ether oxygens (including phenoxy) is 1. The summed E-state index contributed by atoms with van der Waals surface area (Å²) in [5, 5.41) is 1.94. The van der Waals surface area contributed by atoms with Gasteiger partial charge in [0.2, 0.25) is 5.91 Å². The lowest BCUT2D eigenvalue weighted by atomic mass is 10.1. The number of carbonyl (C=O) groups is 1. The maximum absolute atomic E-state index is 12.8. The summed E-state index contributed by atoms with van der Waals surface area (Å²) in [4.78, 5) is 31.4. The van der Waals surface area contributed by atoms with Crippen LogP contribution in [0.15, 0.2) is 40.8 Å². The third kappa shape index (κ3) is 2.99. The molecule has 0 unspecified atom stereocenters. The molecule has 1 amide bonds. The van der Waals surface area contributed by atoms with Gasteiger partial charge in [0, 0.05) is 24.0 Å². The Hall–Kier alpha value is -2.67. The quantitative estimate of drug-likeness (QED) is 0.709. The van der Waals surface area contributed by atoms with Crippen LogP contribution in [0.2, 0.25) is 0 Å². The van der Waals surface area contributed by atoms with E-state index in [4.69, 9.17) is 4.74 Å². The summed E-state index contributed by atoms with van der Waals surface area (Å²) >= 11 is 1.37. The first-order valence-electron chi connectivity index (χ1n) is 8.56. The molecule has 3 aromatic rings. The molecule has 0 bridgehead atoms. The lowest BCUT2D eigenvalue weighted by Crippen LogP contribution is -2.34. The van der Waals surface area contributed by atoms with Crippen molar-refractivity contribution in [3.05, 3.63) is 46.3 Å². The van der Waals surface area contributed by atoms with Gasteiger partial charge in [0.25, 0.3) is 5.56 Å². The number of hydrogen-bond donors (Lipinski definition) is 0. The summed E-state index contributed by atoms with van der Waals surface area (Å²) in [5.41, 5.74) is 2.42. The first kappa shape index (κ1) is 16.8. The molecule has 0 spiro atoms. The van der Waals surface area contributed by atoms with Crippen molar-refractivity contribution in [2.75, 3.05) is 20.2 Å². The number of nitrogens with zero attached hydrogens (tertiary/aromatic N) is 3. The summed E-state index contributed by atoms with van der Waals surface area (Å²) in [6.45, 7) is 1.62. The highest BCUT2D eigenvalue weighted by atomic mass is 32.1. The number of methoxy groups -OCH3 is 1.